The smallest absolute Gasteiger partial charge is 0.391 e. The van der Waals surface area contributed by atoms with Gasteiger partial charge in [-0.2, -0.15) is 13.2 Å². The third-order valence-electron chi connectivity index (χ3n) is 3.56. The number of halogens is 3. The second kappa shape index (κ2) is 6.95. The zero-order chi connectivity index (χ0) is 15.3. The maximum absolute atomic E-state index is 12.5. The quantitative estimate of drug-likeness (QED) is 0.810. The fraction of sp³-hybridized carbons (Fsp3) is 0.846. The maximum Gasteiger partial charge on any atom is 0.391 e. The van der Waals surface area contributed by atoms with E-state index in [9.17, 15) is 22.8 Å². The van der Waals surface area contributed by atoms with Crippen molar-refractivity contribution in [1.29, 1.82) is 0 Å². The minimum absolute atomic E-state index is 0.0324. The number of ether oxygens (including phenoxy) is 1. The minimum atomic E-state index is -4.18. The molecule has 1 amide bonds. The van der Waals surface area contributed by atoms with E-state index in [1.165, 1.54) is 6.92 Å². The highest BCUT2D eigenvalue weighted by atomic mass is 19.4. The van der Waals surface area contributed by atoms with Crippen molar-refractivity contribution in [3.05, 3.63) is 0 Å². The molecule has 1 fully saturated rings. The molecule has 1 unspecified atom stereocenters. The van der Waals surface area contributed by atoms with Gasteiger partial charge in [0, 0.05) is 5.92 Å². The summed E-state index contributed by atoms with van der Waals surface area (Å²) in [5, 5.41) is 2.49. The van der Waals surface area contributed by atoms with Crippen LogP contribution in [0.2, 0.25) is 0 Å². The molecule has 0 aromatic carbocycles. The van der Waals surface area contributed by atoms with E-state index in [2.05, 4.69) is 5.32 Å². The summed E-state index contributed by atoms with van der Waals surface area (Å²) in [6.45, 7) is 3.37. The predicted molar refractivity (Wildman–Crippen MR) is 65.7 cm³/mol. The SMILES string of the molecule is CCOC(=O)C(C)NC(=O)C1CCC(C(F)(F)F)CC1. The Morgan fingerprint density at radius 1 is 1.25 bits per heavy atom. The van der Waals surface area contributed by atoms with Crippen molar-refractivity contribution < 1.29 is 27.5 Å². The number of alkyl halides is 3. The molecule has 0 saturated heterocycles. The Morgan fingerprint density at radius 3 is 2.25 bits per heavy atom. The van der Waals surface area contributed by atoms with Gasteiger partial charge >= 0.3 is 12.1 Å². The van der Waals surface area contributed by atoms with E-state index in [1.54, 1.807) is 6.92 Å². The van der Waals surface area contributed by atoms with Crippen molar-refractivity contribution in [2.45, 2.75) is 51.7 Å². The molecule has 20 heavy (non-hydrogen) atoms. The lowest BCUT2D eigenvalue weighted by molar-refractivity contribution is -0.184. The summed E-state index contributed by atoms with van der Waals surface area (Å²) < 4.78 is 42.3. The molecule has 116 valence electrons. The fourth-order valence-corrected chi connectivity index (χ4v) is 2.34. The first kappa shape index (κ1) is 16.8. The summed E-state index contributed by atoms with van der Waals surface area (Å²) >= 11 is 0. The van der Waals surface area contributed by atoms with Crippen molar-refractivity contribution in [2.75, 3.05) is 6.61 Å². The van der Waals surface area contributed by atoms with Gasteiger partial charge in [0.2, 0.25) is 5.91 Å². The number of hydrogen-bond donors (Lipinski definition) is 1. The molecule has 0 aromatic rings. The Labute approximate surface area is 116 Å². The molecule has 1 aliphatic carbocycles. The Balaban J connectivity index is 2.41. The second-order valence-electron chi connectivity index (χ2n) is 5.07. The summed E-state index contributed by atoms with van der Waals surface area (Å²) in [6.07, 6.45) is -3.85. The summed E-state index contributed by atoms with van der Waals surface area (Å²) in [7, 11) is 0. The van der Waals surface area contributed by atoms with Crippen LogP contribution in [0.4, 0.5) is 13.2 Å². The van der Waals surface area contributed by atoms with Crippen molar-refractivity contribution >= 4 is 11.9 Å². The van der Waals surface area contributed by atoms with Gasteiger partial charge in [0.05, 0.1) is 12.5 Å². The van der Waals surface area contributed by atoms with Gasteiger partial charge < -0.3 is 10.1 Å². The molecular formula is C13H20F3NO3. The fourth-order valence-electron chi connectivity index (χ4n) is 2.34. The van der Waals surface area contributed by atoms with Gasteiger partial charge in [0.1, 0.15) is 6.04 Å². The Morgan fingerprint density at radius 2 is 1.80 bits per heavy atom. The Bertz CT molecular complexity index is 349. The van der Waals surface area contributed by atoms with E-state index in [0.717, 1.165) is 0 Å². The first-order valence-electron chi connectivity index (χ1n) is 6.79. The number of esters is 1. The third kappa shape index (κ3) is 4.68. The van der Waals surface area contributed by atoms with Crippen LogP contribution in [0.15, 0.2) is 0 Å². The van der Waals surface area contributed by atoms with Crippen LogP contribution >= 0.6 is 0 Å². The number of carbonyl (C=O) groups excluding carboxylic acids is 2. The van der Waals surface area contributed by atoms with Crippen molar-refractivity contribution in [2.24, 2.45) is 11.8 Å². The molecule has 4 nitrogen and oxygen atoms in total. The zero-order valence-electron chi connectivity index (χ0n) is 11.6. The molecule has 1 atom stereocenters. The molecule has 0 spiro atoms. The van der Waals surface area contributed by atoms with E-state index in [-0.39, 0.29) is 38.2 Å². The third-order valence-corrected chi connectivity index (χ3v) is 3.56. The molecule has 0 aliphatic heterocycles. The average Bonchev–Trinajstić information content (AvgIpc) is 2.38. The first-order valence-corrected chi connectivity index (χ1v) is 6.79. The zero-order valence-corrected chi connectivity index (χ0v) is 11.6. The molecule has 1 rings (SSSR count). The lowest BCUT2D eigenvalue weighted by Crippen LogP contribution is -2.44. The predicted octanol–water partition coefficient (Wildman–Crippen LogP) is 2.42. The van der Waals surface area contributed by atoms with Gasteiger partial charge in [-0.15, -0.1) is 0 Å². The van der Waals surface area contributed by atoms with Crippen molar-refractivity contribution in [1.82, 2.24) is 5.32 Å². The van der Waals surface area contributed by atoms with Crippen LogP contribution in [0.5, 0.6) is 0 Å². The van der Waals surface area contributed by atoms with Gasteiger partial charge in [-0.05, 0) is 39.5 Å². The van der Waals surface area contributed by atoms with E-state index >= 15 is 0 Å². The highest BCUT2D eigenvalue weighted by molar-refractivity contribution is 5.85. The normalized spacial score (nSPS) is 24.9. The number of rotatable bonds is 4. The van der Waals surface area contributed by atoms with Crippen LogP contribution in [0, 0.1) is 11.8 Å². The highest BCUT2D eigenvalue weighted by Crippen LogP contribution is 2.39. The number of carbonyl (C=O) groups is 2. The molecule has 0 heterocycles. The maximum atomic E-state index is 12.5. The van der Waals surface area contributed by atoms with Gasteiger partial charge in [0.15, 0.2) is 0 Å². The van der Waals surface area contributed by atoms with E-state index in [0.29, 0.717) is 0 Å². The average molecular weight is 295 g/mol. The number of amides is 1. The van der Waals surface area contributed by atoms with E-state index < -0.39 is 30.0 Å². The van der Waals surface area contributed by atoms with Crippen LogP contribution in [0.3, 0.4) is 0 Å². The largest absolute Gasteiger partial charge is 0.464 e. The Kier molecular flexibility index (Phi) is 5.83. The molecule has 0 aromatic heterocycles. The highest BCUT2D eigenvalue weighted by Gasteiger charge is 2.42. The Hall–Kier alpha value is -1.27. The molecule has 0 radical (unpaired) electrons. The van der Waals surface area contributed by atoms with Crippen molar-refractivity contribution in [3.8, 4) is 0 Å². The summed E-state index contributed by atoms with van der Waals surface area (Å²) in [6, 6.07) is -0.775. The first-order chi connectivity index (χ1) is 9.25. The second-order valence-corrected chi connectivity index (χ2v) is 5.07. The van der Waals surface area contributed by atoms with Crippen LogP contribution in [0.25, 0.3) is 0 Å². The van der Waals surface area contributed by atoms with E-state index in [1.807, 2.05) is 0 Å². The van der Waals surface area contributed by atoms with Crippen LogP contribution in [-0.4, -0.2) is 30.7 Å². The molecular weight excluding hydrogens is 275 g/mol. The minimum Gasteiger partial charge on any atom is -0.464 e. The van der Waals surface area contributed by atoms with E-state index in [4.69, 9.17) is 4.74 Å². The van der Waals surface area contributed by atoms with Gasteiger partial charge in [-0.25, -0.2) is 4.79 Å². The topological polar surface area (TPSA) is 55.4 Å². The molecule has 1 N–H and O–H groups in total. The molecule has 0 bridgehead atoms. The number of nitrogens with one attached hydrogen (secondary N) is 1. The van der Waals surface area contributed by atoms with Crippen molar-refractivity contribution in [3.63, 3.8) is 0 Å². The van der Waals surface area contributed by atoms with Crippen LogP contribution in [0.1, 0.15) is 39.5 Å². The van der Waals surface area contributed by atoms with Gasteiger partial charge in [-0.3, -0.25) is 4.79 Å². The number of hydrogen-bond acceptors (Lipinski definition) is 3. The van der Waals surface area contributed by atoms with Crippen LogP contribution < -0.4 is 5.32 Å². The summed E-state index contributed by atoms with van der Waals surface area (Å²) in [5.41, 5.74) is 0. The summed E-state index contributed by atoms with van der Waals surface area (Å²) in [5.74, 6) is -2.67. The molecule has 1 saturated carbocycles. The summed E-state index contributed by atoms with van der Waals surface area (Å²) in [4.78, 5) is 23.2. The lowest BCUT2D eigenvalue weighted by Gasteiger charge is -2.29. The lowest BCUT2D eigenvalue weighted by atomic mass is 9.81. The van der Waals surface area contributed by atoms with Gasteiger partial charge in [-0.1, -0.05) is 0 Å². The monoisotopic (exact) mass is 295 g/mol. The van der Waals surface area contributed by atoms with Crippen LogP contribution in [-0.2, 0) is 14.3 Å². The molecule has 7 heteroatoms. The molecule has 1 aliphatic rings. The standard InChI is InChI=1S/C13H20F3NO3/c1-3-20-12(19)8(2)17-11(18)9-4-6-10(7-5-9)13(14,15)16/h8-10H,3-7H2,1-2H3,(H,17,18). The van der Waals surface area contributed by atoms with Gasteiger partial charge in [0.25, 0.3) is 0 Å².